The number of nitrogens with zero attached hydrogens (tertiary/aromatic N) is 1. The summed E-state index contributed by atoms with van der Waals surface area (Å²) in [5, 5.41) is 0. The summed E-state index contributed by atoms with van der Waals surface area (Å²) in [5.74, 6) is 2.15. The van der Waals surface area contributed by atoms with Crippen LogP contribution in [0.25, 0.3) is 0 Å². The third-order valence-electron chi connectivity index (χ3n) is 4.55. The lowest BCUT2D eigenvalue weighted by Crippen LogP contribution is -2.46. The molecule has 15 heavy (non-hydrogen) atoms. The summed E-state index contributed by atoms with van der Waals surface area (Å²) in [6, 6.07) is 0. The largest absolute Gasteiger partial charge is 0.298 e. The van der Waals surface area contributed by atoms with E-state index in [0.29, 0.717) is 5.54 Å². The Bertz CT molecular complexity index is 190. The molecule has 1 aliphatic heterocycles. The molecule has 2 fully saturated rings. The molecule has 0 unspecified atom stereocenters. The first-order valence-electron chi connectivity index (χ1n) is 6.82. The molecule has 0 N–H and O–H groups in total. The van der Waals surface area contributed by atoms with E-state index in [0.717, 1.165) is 11.8 Å². The Hall–Kier alpha value is -0.0400. The van der Waals surface area contributed by atoms with E-state index in [-0.39, 0.29) is 0 Å². The second-order valence-corrected chi connectivity index (χ2v) is 6.54. The van der Waals surface area contributed by atoms with Crippen LogP contribution < -0.4 is 0 Å². The van der Waals surface area contributed by atoms with Crippen LogP contribution in [-0.4, -0.2) is 23.5 Å². The van der Waals surface area contributed by atoms with E-state index >= 15 is 0 Å². The summed E-state index contributed by atoms with van der Waals surface area (Å²) in [6.45, 7) is 9.73. The minimum atomic E-state index is 0.390. The fraction of sp³-hybridized carbons (Fsp3) is 1.00. The Kier molecular flexibility index (Phi) is 3.39. The van der Waals surface area contributed by atoms with E-state index in [1.807, 2.05) is 0 Å². The first kappa shape index (κ1) is 11.4. The maximum Gasteiger partial charge on any atom is 0.0125 e. The molecule has 1 saturated carbocycles. The second kappa shape index (κ2) is 4.45. The van der Waals surface area contributed by atoms with Crippen molar-refractivity contribution in [1.29, 1.82) is 0 Å². The number of hydrogen-bond acceptors (Lipinski definition) is 1. The van der Waals surface area contributed by atoms with E-state index in [1.165, 1.54) is 51.6 Å². The van der Waals surface area contributed by atoms with Crippen LogP contribution in [0.1, 0.15) is 59.3 Å². The van der Waals surface area contributed by atoms with Crippen molar-refractivity contribution in [3.8, 4) is 0 Å². The van der Waals surface area contributed by atoms with Crippen LogP contribution in [-0.2, 0) is 0 Å². The highest BCUT2D eigenvalue weighted by Gasteiger charge is 2.31. The van der Waals surface area contributed by atoms with Crippen LogP contribution in [0.5, 0.6) is 0 Å². The maximum absolute atomic E-state index is 2.67. The molecule has 1 heterocycles. The molecular weight excluding hydrogens is 182 g/mol. The van der Waals surface area contributed by atoms with Gasteiger partial charge in [0.25, 0.3) is 0 Å². The predicted octanol–water partition coefficient (Wildman–Crippen LogP) is 3.69. The predicted molar refractivity (Wildman–Crippen MR) is 66.0 cm³/mol. The van der Waals surface area contributed by atoms with Crippen molar-refractivity contribution in [1.82, 2.24) is 4.90 Å². The van der Waals surface area contributed by atoms with Crippen molar-refractivity contribution < 1.29 is 0 Å². The fourth-order valence-electron chi connectivity index (χ4n) is 3.47. The van der Waals surface area contributed by atoms with Crippen LogP contribution in [0.15, 0.2) is 0 Å². The van der Waals surface area contributed by atoms with Gasteiger partial charge >= 0.3 is 0 Å². The van der Waals surface area contributed by atoms with Crippen LogP contribution >= 0.6 is 0 Å². The normalized spacial score (nSPS) is 27.4. The van der Waals surface area contributed by atoms with Gasteiger partial charge in [0.15, 0.2) is 0 Å². The molecule has 0 atom stereocenters. The zero-order valence-electron chi connectivity index (χ0n) is 10.8. The molecular formula is C14H27N. The molecule has 0 amide bonds. The smallest absolute Gasteiger partial charge is 0.0125 e. The molecule has 1 aliphatic carbocycles. The quantitative estimate of drug-likeness (QED) is 0.636. The molecule has 0 aromatic carbocycles. The van der Waals surface area contributed by atoms with Gasteiger partial charge in [0, 0.05) is 5.54 Å². The molecule has 2 aliphatic rings. The van der Waals surface area contributed by atoms with Crippen LogP contribution in [0.2, 0.25) is 0 Å². The number of rotatable bonds is 1. The van der Waals surface area contributed by atoms with Crippen LogP contribution in [0.4, 0.5) is 0 Å². The Morgan fingerprint density at radius 1 is 0.800 bits per heavy atom. The lowest BCUT2D eigenvalue weighted by Gasteiger charge is -2.42. The minimum absolute atomic E-state index is 0.390. The van der Waals surface area contributed by atoms with Crippen molar-refractivity contribution in [3.05, 3.63) is 0 Å². The number of likely N-dealkylation sites (tertiary alicyclic amines) is 1. The summed E-state index contributed by atoms with van der Waals surface area (Å²) >= 11 is 0. The molecule has 0 bridgehead atoms. The zero-order valence-corrected chi connectivity index (χ0v) is 10.8. The standard InChI is InChI=1S/C14H27N/c1-14(2,3)15-10-8-13(9-11-15)12-6-4-5-7-12/h12-13H,4-11H2,1-3H3. The molecule has 1 heteroatoms. The van der Waals surface area contributed by atoms with Crippen molar-refractivity contribution in [3.63, 3.8) is 0 Å². The van der Waals surface area contributed by atoms with Gasteiger partial charge < -0.3 is 0 Å². The first-order chi connectivity index (χ1) is 7.07. The van der Waals surface area contributed by atoms with Gasteiger partial charge in [-0.25, -0.2) is 0 Å². The fourth-order valence-corrected chi connectivity index (χ4v) is 3.47. The SMILES string of the molecule is CC(C)(C)N1CCC(C2CCCC2)CC1. The third kappa shape index (κ3) is 2.75. The highest BCUT2D eigenvalue weighted by atomic mass is 15.2. The summed E-state index contributed by atoms with van der Waals surface area (Å²) < 4.78 is 0. The van der Waals surface area contributed by atoms with E-state index in [9.17, 15) is 0 Å². The average Bonchev–Trinajstić information content (AvgIpc) is 2.69. The lowest BCUT2D eigenvalue weighted by atomic mass is 9.82. The number of hydrogen-bond donors (Lipinski definition) is 0. The van der Waals surface area contributed by atoms with E-state index in [2.05, 4.69) is 25.7 Å². The van der Waals surface area contributed by atoms with Gasteiger partial charge in [0.2, 0.25) is 0 Å². The highest BCUT2D eigenvalue weighted by Crippen LogP contribution is 2.37. The second-order valence-electron chi connectivity index (χ2n) is 6.54. The third-order valence-corrected chi connectivity index (χ3v) is 4.55. The lowest BCUT2D eigenvalue weighted by molar-refractivity contribution is 0.0712. The zero-order chi connectivity index (χ0) is 10.9. The Morgan fingerprint density at radius 2 is 1.27 bits per heavy atom. The van der Waals surface area contributed by atoms with E-state index < -0.39 is 0 Å². The van der Waals surface area contributed by atoms with Gasteiger partial charge in [-0.15, -0.1) is 0 Å². The Morgan fingerprint density at radius 3 is 1.73 bits per heavy atom. The Labute approximate surface area is 95.2 Å². The first-order valence-corrected chi connectivity index (χ1v) is 6.82. The van der Waals surface area contributed by atoms with Crippen molar-refractivity contribution in [2.45, 2.75) is 64.8 Å². The molecule has 0 radical (unpaired) electrons. The van der Waals surface area contributed by atoms with Gasteiger partial charge in [-0.1, -0.05) is 25.7 Å². The molecule has 0 spiro atoms. The van der Waals surface area contributed by atoms with Crippen molar-refractivity contribution >= 4 is 0 Å². The minimum Gasteiger partial charge on any atom is -0.298 e. The van der Waals surface area contributed by atoms with Gasteiger partial charge in [-0.2, -0.15) is 0 Å². The van der Waals surface area contributed by atoms with Gasteiger partial charge in [0.05, 0.1) is 0 Å². The number of piperidine rings is 1. The van der Waals surface area contributed by atoms with Crippen molar-refractivity contribution in [2.75, 3.05) is 13.1 Å². The highest BCUT2D eigenvalue weighted by molar-refractivity contribution is 4.85. The molecule has 0 aromatic rings. The summed E-state index contributed by atoms with van der Waals surface area (Å²) in [6.07, 6.45) is 8.98. The monoisotopic (exact) mass is 209 g/mol. The van der Waals surface area contributed by atoms with Gasteiger partial charge in [0.1, 0.15) is 0 Å². The van der Waals surface area contributed by atoms with E-state index in [4.69, 9.17) is 0 Å². The van der Waals surface area contributed by atoms with Gasteiger partial charge in [-0.05, 0) is 58.5 Å². The summed E-state index contributed by atoms with van der Waals surface area (Å²) in [7, 11) is 0. The van der Waals surface area contributed by atoms with Crippen LogP contribution in [0.3, 0.4) is 0 Å². The molecule has 88 valence electrons. The maximum atomic E-state index is 2.67. The average molecular weight is 209 g/mol. The molecule has 0 aromatic heterocycles. The molecule has 2 rings (SSSR count). The van der Waals surface area contributed by atoms with Crippen molar-refractivity contribution in [2.24, 2.45) is 11.8 Å². The summed E-state index contributed by atoms with van der Waals surface area (Å²) in [5.41, 5.74) is 0.390. The molecule has 1 nitrogen and oxygen atoms in total. The Balaban J connectivity index is 1.81. The van der Waals surface area contributed by atoms with E-state index in [1.54, 1.807) is 0 Å². The van der Waals surface area contributed by atoms with Crippen LogP contribution in [0, 0.1) is 11.8 Å². The summed E-state index contributed by atoms with van der Waals surface area (Å²) in [4.78, 5) is 2.67. The topological polar surface area (TPSA) is 3.24 Å². The molecule has 1 saturated heterocycles. The van der Waals surface area contributed by atoms with Gasteiger partial charge in [-0.3, -0.25) is 4.90 Å².